The second-order valence-corrected chi connectivity index (χ2v) is 6.91. The molecular formula is C17H22N4O4. The molecule has 2 aromatic rings. The highest BCUT2D eigenvalue weighted by atomic mass is 16.6. The van der Waals surface area contributed by atoms with Crippen molar-refractivity contribution in [3.8, 4) is 0 Å². The molecule has 0 atom stereocenters. The Morgan fingerprint density at radius 3 is 2.84 bits per heavy atom. The zero-order valence-corrected chi connectivity index (χ0v) is 14.6. The lowest BCUT2D eigenvalue weighted by Gasteiger charge is -2.26. The lowest BCUT2D eigenvalue weighted by molar-refractivity contribution is -0.155. The third kappa shape index (κ3) is 3.74. The Hall–Kier alpha value is -2.61. The van der Waals surface area contributed by atoms with Crippen molar-refractivity contribution >= 4 is 34.5 Å². The van der Waals surface area contributed by atoms with Crippen molar-refractivity contribution < 1.29 is 19.1 Å². The molecule has 1 aliphatic rings. The first-order valence-corrected chi connectivity index (χ1v) is 8.10. The average Bonchev–Trinajstić information content (AvgIpc) is 2.81. The van der Waals surface area contributed by atoms with Crippen LogP contribution in [0.15, 0.2) is 18.2 Å². The summed E-state index contributed by atoms with van der Waals surface area (Å²) in [6.07, 6.45) is 0. The van der Waals surface area contributed by atoms with Gasteiger partial charge in [0.1, 0.15) is 18.8 Å². The molecule has 8 nitrogen and oxygen atoms in total. The van der Waals surface area contributed by atoms with Gasteiger partial charge in [-0.3, -0.25) is 14.2 Å². The highest BCUT2D eigenvalue weighted by Crippen LogP contribution is 2.25. The Bertz CT molecular complexity index is 822. The Labute approximate surface area is 145 Å². The molecule has 0 saturated carbocycles. The minimum Gasteiger partial charge on any atom is -0.459 e. The zero-order chi connectivity index (χ0) is 18.2. The van der Waals surface area contributed by atoms with Gasteiger partial charge in [-0.15, -0.1) is 0 Å². The molecule has 0 unspecified atom stereocenters. The van der Waals surface area contributed by atoms with Gasteiger partial charge in [-0.25, -0.2) is 4.98 Å². The predicted molar refractivity (Wildman–Crippen MR) is 93.2 cm³/mol. The topological polar surface area (TPSA) is 99.7 Å². The van der Waals surface area contributed by atoms with E-state index in [0.29, 0.717) is 24.2 Å². The standard InChI is InChI=1S/C17H22N4O4/c1-17(2,3)25-15(23)9-21-13-5-4-11(8-12(13)19-16(21)18)20-6-7-24-10-14(20)22/h4-5,8H,6-7,9-10H2,1-3H3,(H2,18,19). The molecule has 0 spiro atoms. The first-order chi connectivity index (χ1) is 11.7. The van der Waals surface area contributed by atoms with Gasteiger partial charge in [-0.05, 0) is 39.0 Å². The number of fused-ring (bicyclic) bond motifs is 1. The van der Waals surface area contributed by atoms with Crippen LogP contribution in [0.3, 0.4) is 0 Å². The summed E-state index contributed by atoms with van der Waals surface area (Å²) in [6, 6.07) is 5.42. The summed E-state index contributed by atoms with van der Waals surface area (Å²) in [5, 5.41) is 0. The molecule has 0 aliphatic carbocycles. The highest BCUT2D eigenvalue weighted by Gasteiger charge is 2.22. The van der Waals surface area contributed by atoms with E-state index in [0.717, 1.165) is 5.69 Å². The number of morpholine rings is 1. The number of aromatic nitrogens is 2. The van der Waals surface area contributed by atoms with Gasteiger partial charge in [-0.2, -0.15) is 0 Å². The smallest absolute Gasteiger partial charge is 0.326 e. The molecular weight excluding hydrogens is 324 g/mol. The Morgan fingerprint density at radius 1 is 1.40 bits per heavy atom. The van der Waals surface area contributed by atoms with Gasteiger partial charge in [0.25, 0.3) is 5.91 Å². The van der Waals surface area contributed by atoms with E-state index in [4.69, 9.17) is 15.2 Å². The van der Waals surface area contributed by atoms with Crippen molar-refractivity contribution in [2.75, 3.05) is 30.4 Å². The largest absolute Gasteiger partial charge is 0.459 e. The number of nitrogen functional groups attached to an aromatic ring is 1. The molecule has 1 saturated heterocycles. The van der Waals surface area contributed by atoms with Crippen LogP contribution >= 0.6 is 0 Å². The van der Waals surface area contributed by atoms with Gasteiger partial charge >= 0.3 is 5.97 Å². The van der Waals surface area contributed by atoms with Crippen LogP contribution in [0.5, 0.6) is 0 Å². The average molecular weight is 346 g/mol. The number of benzene rings is 1. The van der Waals surface area contributed by atoms with Gasteiger partial charge in [0.05, 0.1) is 17.6 Å². The fraction of sp³-hybridized carbons (Fsp3) is 0.471. The number of carbonyl (C=O) groups excluding carboxylic acids is 2. The molecule has 1 fully saturated rings. The number of nitrogens with two attached hydrogens (primary N) is 1. The molecule has 134 valence electrons. The summed E-state index contributed by atoms with van der Waals surface area (Å²) >= 11 is 0. The van der Waals surface area contributed by atoms with E-state index in [-0.39, 0.29) is 31.0 Å². The van der Waals surface area contributed by atoms with E-state index in [1.165, 1.54) is 0 Å². The molecule has 0 bridgehead atoms. The van der Waals surface area contributed by atoms with Crippen molar-refractivity contribution in [2.45, 2.75) is 32.9 Å². The minimum absolute atomic E-state index is 0.0184. The third-order valence-corrected chi connectivity index (χ3v) is 3.77. The van der Waals surface area contributed by atoms with Crippen molar-refractivity contribution in [1.29, 1.82) is 0 Å². The first kappa shape index (κ1) is 17.2. The number of esters is 1. The molecule has 0 radical (unpaired) electrons. The molecule has 1 aliphatic heterocycles. The fourth-order valence-electron chi connectivity index (χ4n) is 2.76. The van der Waals surface area contributed by atoms with Gasteiger partial charge < -0.3 is 20.1 Å². The lowest BCUT2D eigenvalue weighted by Crippen LogP contribution is -2.41. The summed E-state index contributed by atoms with van der Waals surface area (Å²) in [7, 11) is 0. The second kappa shape index (κ2) is 6.36. The van der Waals surface area contributed by atoms with Crippen LogP contribution in [0.1, 0.15) is 20.8 Å². The number of hydrogen-bond acceptors (Lipinski definition) is 6. The third-order valence-electron chi connectivity index (χ3n) is 3.77. The number of ether oxygens (including phenoxy) is 2. The van der Waals surface area contributed by atoms with Gasteiger partial charge in [0.2, 0.25) is 5.95 Å². The summed E-state index contributed by atoms with van der Waals surface area (Å²) in [4.78, 5) is 30.0. The maximum Gasteiger partial charge on any atom is 0.326 e. The maximum atomic E-state index is 12.1. The van der Waals surface area contributed by atoms with Gasteiger partial charge in [0.15, 0.2) is 0 Å². The van der Waals surface area contributed by atoms with Crippen molar-refractivity contribution in [3.05, 3.63) is 18.2 Å². The van der Waals surface area contributed by atoms with Crippen LogP contribution in [-0.2, 0) is 25.6 Å². The summed E-state index contributed by atoms with van der Waals surface area (Å²) in [5.41, 5.74) is 7.48. The maximum absolute atomic E-state index is 12.1. The van der Waals surface area contributed by atoms with Crippen LogP contribution < -0.4 is 10.6 Å². The van der Waals surface area contributed by atoms with Crippen LogP contribution in [-0.4, -0.2) is 46.8 Å². The molecule has 2 N–H and O–H groups in total. The molecule has 1 aromatic heterocycles. The molecule has 8 heteroatoms. The lowest BCUT2D eigenvalue weighted by atomic mass is 10.2. The van der Waals surface area contributed by atoms with Crippen molar-refractivity contribution in [3.63, 3.8) is 0 Å². The molecule has 1 amide bonds. The summed E-state index contributed by atoms with van der Waals surface area (Å²) < 4.78 is 12.1. The fourth-order valence-corrected chi connectivity index (χ4v) is 2.76. The van der Waals surface area contributed by atoms with E-state index < -0.39 is 5.60 Å². The Morgan fingerprint density at radius 2 is 2.16 bits per heavy atom. The summed E-state index contributed by atoms with van der Waals surface area (Å²) in [5.74, 6) is -0.246. The van der Waals surface area contributed by atoms with Crippen molar-refractivity contribution in [2.24, 2.45) is 0 Å². The molecule has 1 aromatic carbocycles. The van der Waals surface area contributed by atoms with E-state index in [1.54, 1.807) is 21.6 Å². The zero-order valence-electron chi connectivity index (χ0n) is 14.6. The molecule has 25 heavy (non-hydrogen) atoms. The molecule has 2 heterocycles. The van der Waals surface area contributed by atoms with Crippen molar-refractivity contribution in [1.82, 2.24) is 9.55 Å². The first-order valence-electron chi connectivity index (χ1n) is 8.10. The van der Waals surface area contributed by atoms with Gasteiger partial charge in [0, 0.05) is 12.2 Å². The number of rotatable bonds is 3. The second-order valence-electron chi connectivity index (χ2n) is 6.91. The number of carbonyl (C=O) groups is 2. The summed E-state index contributed by atoms with van der Waals surface area (Å²) in [6.45, 7) is 6.49. The predicted octanol–water partition coefficient (Wildman–Crippen LogP) is 1.32. The number of hydrogen-bond donors (Lipinski definition) is 1. The van der Waals surface area contributed by atoms with Gasteiger partial charge in [-0.1, -0.05) is 0 Å². The Balaban J connectivity index is 1.88. The van der Waals surface area contributed by atoms with E-state index in [9.17, 15) is 9.59 Å². The van der Waals surface area contributed by atoms with Crippen LogP contribution in [0.4, 0.5) is 11.6 Å². The normalized spacial score (nSPS) is 15.6. The van der Waals surface area contributed by atoms with Crippen LogP contribution in [0.2, 0.25) is 0 Å². The quantitative estimate of drug-likeness (QED) is 0.842. The van der Waals surface area contributed by atoms with Crippen LogP contribution in [0, 0.1) is 0 Å². The number of imidazole rings is 1. The van der Waals surface area contributed by atoms with E-state index in [1.807, 2.05) is 26.8 Å². The number of anilines is 2. The minimum atomic E-state index is -0.563. The monoisotopic (exact) mass is 346 g/mol. The number of amides is 1. The van der Waals surface area contributed by atoms with Crippen LogP contribution in [0.25, 0.3) is 11.0 Å². The Kier molecular flexibility index (Phi) is 4.38. The SMILES string of the molecule is CC(C)(C)OC(=O)Cn1c(N)nc2cc(N3CCOCC3=O)ccc21. The van der Waals surface area contributed by atoms with E-state index >= 15 is 0 Å². The van der Waals surface area contributed by atoms with E-state index in [2.05, 4.69) is 4.98 Å². The molecule has 3 rings (SSSR count). The highest BCUT2D eigenvalue weighted by molar-refractivity contribution is 5.97. The number of nitrogens with zero attached hydrogens (tertiary/aromatic N) is 3.